The largest absolute Gasteiger partial charge is 0.381 e. The highest BCUT2D eigenvalue weighted by molar-refractivity contribution is 9.10. The van der Waals surface area contributed by atoms with Crippen LogP contribution < -0.4 is 10.6 Å². The van der Waals surface area contributed by atoms with Gasteiger partial charge in [0.05, 0.1) is 17.6 Å². The molecule has 0 unspecified atom stereocenters. The van der Waals surface area contributed by atoms with Crippen molar-refractivity contribution >= 4 is 39.0 Å². The summed E-state index contributed by atoms with van der Waals surface area (Å²) in [4.78, 5) is 16.6. The number of benzene rings is 1. The highest BCUT2D eigenvalue weighted by Gasteiger charge is 2.21. The van der Waals surface area contributed by atoms with Crippen molar-refractivity contribution in [3.05, 3.63) is 46.6 Å². The smallest absolute Gasteiger partial charge is 0.227 e. The zero-order valence-electron chi connectivity index (χ0n) is 13.5. The zero-order chi connectivity index (χ0) is 16.9. The molecule has 0 atom stereocenters. The normalized spacial score (nSPS) is 15.1. The van der Waals surface area contributed by atoms with Gasteiger partial charge in [-0.05, 0) is 65.5 Å². The lowest BCUT2D eigenvalue weighted by Gasteiger charge is -2.21. The Labute approximate surface area is 149 Å². The lowest BCUT2D eigenvalue weighted by Crippen LogP contribution is -2.28. The average molecular weight is 390 g/mol. The van der Waals surface area contributed by atoms with Crippen molar-refractivity contribution in [2.75, 3.05) is 23.8 Å². The van der Waals surface area contributed by atoms with Crippen LogP contribution in [0.2, 0.25) is 0 Å². The summed E-state index contributed by atoms with van der Waals surface area (Å²) in [5.74, 6) is 0.797. The van der Waals surface area contributed by atoms with Crippen molar-refractivity contribution in [2.24, 2.45) is 5.92 Å². The number of anilines is 3. The quantitative estimate of drug-likeness (QED) is 0.819. The van der Waals surface area contributed by atoms with Gasteiger partial charge in [-0.15, -0.1) is 0 Å². The minimum atomic E-state index is 0.0278. The maximum Gasteiger partial charge on any atom is 0.227 e. The molecule has 6 heteroatoms. The summed E-state index contributed by atoms with van der Waals surface area (Å²) in [7, 11) is 0. The van der Waals surface area contributed by atoms with E-state index in [0.29, 0.717) is 18.9 Å². The number of ether oxygens (including phenoxy) is 1. The SMILES string of the molecule is Cc1ccc(Nc2ccc(NC(=O)C3CCOCC3)cn2)c(Br)c1. The van der Waals surface area contributed by atoms with E-state index in [4.69, 9.17) is 4.74 Å². The summed E-state index contributed by atoms with van der Waals surface area (Å²) < 4.78 is 6.27. The summed E-state index contributed by atoms with van der Waals surface area (Å²) in [6.07, 6.45) is 3.22. The van der Waals surface area contributed by atoms with Gasteiger partial charge in [0, 0.05) is 23.6 Å². The number of nitrogens with one attached hydrogen (secondary N) is 2. The van der Waals surface area contributed by atoms with E-state index < -0.39 is 0 Å². The fraction of sp³-hybridized carbons (Fsp3) is 0.333. The number of hydrogen-bond acceptors (Lipinski definition) is 4. The molecule has 126 valence electrons. The van der Waals surface area contributed by atoms with E-state index in [1.54, 1.807) is 6.20 Å². The van der Waals surface area contributed by atoms with Gasteiger partial charge in [0.15, 0.2) is 0 Å². The van der Waals surface area contributed by atoms with E-state index in [2.05, 4.69) is 31.5 Å². The predicted octanol–water partition coefficient (Wildman–Crippen LogP) is 4.26. The van der Waals surface area contributed by atoms with Crippen LogP contribution in [-0.4, -0.2) is 24.1 Å². The lowest BCUT2D eigenvalue weighted by atomic mass is 9.99. The molecule has 1 fully saturated rings. The molecule has 3 rings (SSSR count). The molecule has 0 radical (unpaired) electrons. The minimum absolute atomic E-state index is 0.0278. The molecule has 1 saturated heterocycles. The van der Waals surface area contributed by atoms with E-state index in [9.17, 15) is 4.79 Å². The van der Waals surface area contributed by atoms with E-state index in [1.807, 2.05) is 37.3 Å². The number of pyridine rings is 1. The molecule has 1 amide bonds. The van der Waals surface area contributed by atoms with Crippen LogP contribution in [0.25, 0.3) is 0 Å². The van der Waals surface area contributed by atoms with Crippen molar-refractivity contribution in [1.29, 1.82) is 0 Å². The van der Waals surface area contributed by atoms with Gasteiger partial charge in [0.1, 0.15) is 5.82 Å². The molecular formula is C18H20BrN3O2. The Bertz CT molecular complexity index is 713. The van der Waals surface area contributed by atoms with Crippen LogP contribution in [0.15, 0.2) is 41.0 Å². The molecule has 0 saturated carbocycles. The van der Waals surface area contributed by atoms with Gasteiger partial charge >= 0.3 is 0 Å². The Morgan fingerprint density at radius 3 is 2.71 bits per heavy atom. The number of halogens is 1. The summed E-state index contributed by atoms with van der Waals surface area (Å²) in [6.45, 7) is 3.36. The Morgan fingerprint density at radius 2 is 2.04 bits per heavy atom. The molecule has 1 aromatic heterocycles. The predicted molar refractivity (Wildman–Crippen MR) is 98.6 cm³/mol. The molecule has 1 aromatic carbocycles. The van der Waals surface area contributed by atoms with E-state index >= 15 is 0 Å². The fourth-order valence-electron chi connectivity index (χ4n) is 2.61. The molecule has 2 aromatic rings. The number of rotatable bonds is 4. The van der Waals surface area contributed by atoms with Gasteiger partial charge in [-0.1, -0.05) is 6.07 Å². The summed E-state index contributed by atoms with van der Waals surface area (Å²) in [5, 5.41) is 6.18. The summed E-state index contributed by atoms with van der Waals surface area (Å²) >= 11 is 3.54. The highest BCUT2D eigenvalue weighted by Crippen LogP contribution is 2.26. The first kappa shape index (κ1) is 16.9. The second-order valence-electron chi connectivity index (χ2n) is 5.92. The zero-order valence-corrected chi connectivity index (χ0v) is 15.1. The van der Waals surface area contributed by atoms with Gasteiger partial charge in [0.2, 0.25) is 5.91 Å². The van der Waals surface area contributed by atoms with Crippen LogP contribution in [0, 0.1) is 12.8 Å². The maximum atomic E-state index is 12.2. The lowest BCUT2D eigenvalue weighted by molar-refractivity contribution is -0.122. The molecule has 1 aliphatic rings. The second-order valence-corrected chi connectivity index (χ2v) is 6.77. The minimum Gasteiger partial charge on any atom is -0.381 e. The maximum absolute atomic E-state index is 12.2. The monoisotopic (exact) mass is 389 g/mol. The highest BCUT2D eigenvalue weighted by atomic mass is 79.9. The Hall–Kier alpha value is -1.92. The molecule has 0 spiro atoms. The van der Waals surface area contributed by atoms with Crippen molar-refractivity contribution in [2.45, 2.75) is 19.8 Å². The second kappa shape index (κ2) is 7.77. The first-order valence-corrected chi connectivity index (χ1v) is 8.79. The third-order valence-corrected chi connectivity index (χ3v) is 4.67. The molecule has 0 bridgehead atoms. The summed E-state index contributed by atoms with van der Waals surface area (Å²) in [5.41, 5.74) is 2.85. The number of aryl methyl sites for hydroxylation is 1. The van der Waals surface area contributed by atoms with Crippen molar-refractivity contribution in [1.82, 2.24) is 4.98 Å². The first-order valence-electron chi connectivity index (χ1n) is 7.99. The standard InChI is InChI=1S/C18H20BrN3O2/c1-12-2-4-16(15(19)10-12)22-17-5-3-14(11-20-17)21-18(23)13-6-8-24-9-7-13/h2-5,10-11,13H,6-9H2,1H3,(H,20,22)(H,21,23). The van der Waals surface area contributed by atoms with Crippen molar-refractivity contribution in [3.63, 3.8) is 0 Å². The number of nitrogens with zero attached hydrogens (tertiary/aromatic N) is 1. The van der Waals surface area contributed by atoms with Gasteiger partial charge in [-0.2, -0.15) is 0 Å². The van der Waals surface area contributed by atoms with Crippen molar-refractivity contribution < 1.29 is 9.53 Å². The van der Waals surface area contributed by atoms with Gasteiger partial charge in [-0.3, -0.25) is 4.79 Å². The van der Waals surface area contributed by atoms with Gasteiger partial charge < -0.3 is 15.4 Å². The van der Waals surface area contributed by atoms with Crippen LogP contribution in [-0.2, 0) is 9.53 Å². The number of carbonyl (C=O) groups excluding carboxylic acids is 1. The number of aromatic nitrogens is 1. The van der Waals surface area contributed by atoms with Crippen LogP contribution in [0.4, 0.5) is 17.2 Å². The van der Waals surface area contributed by atoms with Crippen LogP contribution in [0.3, 0.4) is 0 Å². The molecule has 0 aliphatic carbocycles. The van der Waals surface area contributed by atoms with Crippen molar-refractivity contribution in [3.8, 4) is 0 Å². The van der Waals surface area contributed by atoms with E-state index in [-0.39, 0.29) is 11.8 Å². The fourth-order valence-corrected chi connectivity index (χ4v) is 3.20. The Morgan fingerprint density at radius 1 is 1.25 bits per heavy atom. The van der Waals surface area contributed by atoms with Gasteiger partial charge in [-0.25, -0.2) is 4.98 Å². The van der Waals surface area contributed by atoms with Crippen LogP contribution in [0.5, 0.6) is 0 Å². The summed E-state index contributed by atoms with van der Waals surface area (Å²) in [6, 6.07) is 9.79. The van der Waals surface area contributed by atoms with E-state index in [1.165, 1.54) is 5.56 Å². The Kier molecular flexibility index (Phi) is 5.48. The molecule has 2 heterocycles. The topological polar surface area (TPSA) is 63.2 Å². The van der Waals surface area contributed by atoms with Crippen LogP contribution in [0.1, 0.15) is 18.4 Å². The third kappa shape index (κ3) is 4.33. The third-order valence-electron chi connectivity index (χ3n) is 4.01. The number of carbonyl (C=O) groups is 1. The molecular weight excluding hydrogens is 370 g/mol. The first-order chi connectivity index (χ1) is 11.6. The molecule has 2 N–H and O–H groups in total. The average Bonchev–Trinajstić information content (AvgIpc) is 2.60. The van der Waals surface area contributed by atoms with E-state index in [0.717, 1.165) is 28.8 Å². The molecule has 5 nitrogen and oxygen atoms in total. The number of amides is 1. The number of hydrogen-bond donors (Lipinski definition) is 2. The van der Waals surface area contributed by atoms with Gasteiger partial charge in [0.25, 0.3) is 0 Å². The Balaban J connectivity index is 1.61. The molecule has 1 aliphatic heterocycles. The molecule has 24 heavy (non-hydrogen) atoms. The van der Waals surface area contributed by atoms with Crippen LogP contribution >= 0.6 is 15.9 Å².